The number of rotatable bonds is 6. The highest BCUT2D eigenvalue weighted by atomic mass is 19.4. The highest BCUT2D eigenvalue weighted by Gasteiger charge is 2.33. The Morgan fingerprint density at radius 2 is 1.88 bits per heavy atom. The lowest BCUT2D eigenvalue weighted by molar-refractivity contribution is -0.137. The standard InChI is InChI=1S/C16H24BF3N2O2/c1-12-10-21(17-24-3)8-9-22(12)15(11-23-2)13-4-6-14(7-5-13)16(18,19)20/h4-7,12,15,17H,8-11H2,1-3H3/t12-,15-/m0/s1. The van der Waals surface area contributed by atoms with Crippen molar-refractivity contribution in [3.8, 4) is 0 Å². The molecule has 0 unspecified atom stereocenters. The Labute approximate surface area is 141 Å². The van der Waals surface area contributed by atoms with Crippen molar-refractivity contribution in [3.63, 3.8) is 0 Å². The predicted octanol–water partition coefficient (Wildman–Crippen LogP) is 2.31. The summed E-state index contributed by atoms with van der Waals surface area (Å²) >= 11 is 0. The van der Waals surface area contributed by atoms with Crippen molar-refractivity contribution in [1.29, 1.82) is 0 Å². The van der Waals surface area contributed by atoms with E-state index >= 15 is 0 Å². The summed E-state index contributed by atoms with van der Waals surface area (Å²) in [6.07, 6.45) is -4.31. The maximum Gasteiger partial charge on any atom is 0.416 e. The summed E-state index contributed by atoms with van der Waals surface area (Å²) in [5.41, 5.74) is 0.220. The van der Waals surface area contributed by atoms with E-state index < -0.39 is 11.7 Å². The average Bonchev–Trinajstić information content (AvgIpc) is 2.53. The summed E-state index contributed by atoms with van der Waals surface area (Å²) in [4.78, 5) is 4.51. The largest absolute Gasteiger partial charge is 0.427 e. The molecule has 1 heterocycles. The van der Waals surface area contributed by atoms with Crippen LogP contribution in [0, 0.1) is 0 Å². The van der Waals surface area contributed by atoms with Crippen LogP contribution in [0.3, 0.4) is 0 Å². The van der Waals surface area contributed by atoms with Crippen molar-refractivity contribution < 1.29 is 22.6 Å². The molecule has 1 aromatic carbocycles. The zero-order chi connectivity index (χ0) is 17.7. The molecular weight excluding hydrogens is 320 g/mol. The lowest BCUT2D eigenvalue weighted by Crippen LogP contribution is -2.54. The van der Waals surface area contributed by atoms with E-state index in [1.165, 1.54) is 0 Å². The Morgan fingerprint density at radius 1 is 1.21 bits per heavy atom. The quantitative estimate of drug-likeness (QED) is 0.740. The third-order valence-corrected chi connectivity index (χ3v) is 4.42. The highest BCUT2D eigenvalue weighted by molar-refractivity contribution is 6.23. The third-order valence-electron chi connectivity index (χ3n) is 4.42. The van der Waals surface area contributed by atoms with Gasteiger partial charge in [-0.15, -0.1) is 0 Å². The number of halogens is 3. The fourth-order valence-electron chi connectivity index (χ4n) is 3.25. The van der Waals surface area contributed by atoms with Crippen LogP contribution in [0.25, 0.3) is 0 Å². The van der Waals surface area contributed by atoms with Crippen LogP contribution in [-0.4, -0.2) is 63.8 Å². The monoisotopic (exact) mass is 344 g/mol. The van der Waals surface area contributed by atoms with Crippen molar-refractivity contribution in [2.75, 3.05) is 40.5 Å². The smallest absolute Gasteiger partial charge is 0.416 e. The van der Waals surface area contributed by atoms with E-state index in [1.807, 2.05) is 0 Å². The van der Waals surface area contributed by atoms with Gasteiger partial charge >= 0.3 is 13.8 Å². The molecule has 2 rings (SSSR count). The second-order valence-electron chi connectivity index (χ2n) is 6.17. The van der Waals surface area contributed by atoms with Crippen LogP contribution in [0.4, 0.5) is 13.2 Å². The number of methoxy groups -OCH3 is 1. The van der Waals surface area contributed by atoms with Crippen molar-refractivity contribution in [1.82, 2.24) is 9.71 Å². The molecular formula is C16H24BF3N2O2. The van der Waals surface area contributed by atoms with E-state index in [2.05, 4.69) is 16.6 Å². The number of hydrogen-bond donors (Lipinski definition) is 0. The second kappa shape index (κ2) is 8.33. The van der Waals surface area contributed by atoms with Crippen LogP contribution < -0.4 is 0 Å². The van der Waals surface area contributed by atoms with E-state index in [4.69, 9.17) is 9.39 Å². The average molecular weight is 344 g/mol. The van der Waals surface area contributed by atoms with Gasteiger partial charge in [0.05, 0.1) is 18.2 Å². The van der Waals surface area contributed by atoms with Crippen LogP contribution in [-0.2, 0) is 15.6 Å². The molecule has 0 bridgehead atoms. The molecule has 0 saturated carbocycles. The number of hydrogen-bond acceptors (Lipinski definition) is 4. The molecule has 8 heteroatoms. The summed E-state index contributed by atoms with van der Waals surface area (Å²) in [5.74, 6) is 0. The maximum absolute atomic E-state index is 12.7. The summed E-state index contributed by atoms with van der Waals surface area (Å²) in [6, 6.07) is 5.60. The van der Waals surface area contributed by atoms with Gasteiger partial charge in [-0.2, -0.15) is 13.2 Å². The highest BCUT2D eigenvalue weighted by Crippen LogP contribution is 2.32. The fourth-order valence-corrected chi connectivity index (χ4v) is 3.25. The fraction of sp³-hybridized carbons (Fsp3) is 0.625. The first kappa shape index (κ1) is 19.2. The van der Waals surface area contributed by atoms with Gasteiger partial charge in [-0.05, 0) is 24.6 Å². The van der Waals surface area contributed by atoms with Gasteiger partial charge in [-0.1, -0.05) is 12.1 Å². The van der Waals surface area contributed by atoms with Gasteiger partial charge in [0.25, 0.3) is 0 Å². The third kappa shape index (κ3) is 4.72. The first-order valence-corrected chi connectivity index (χ1v) is 8.00. The summed E-state index contributed by atoms with van der Waals surface area (Å²) in [7, 11) is 3.88. The van der Waals surface area contributed by atoms with Crippen LogP contribution in [0.1, 0.15) is 24.1 Å². The van der Waals surface area contributed by atoms with E-state index in [9.17, 15) is 13.2 Å². The Morgan fingerprint density at radius 3 is 2.38 bits per heavy atom. The van der Waals surface area contributed by atoms with Crippen LogP contribution in [0.5, 0.6) is 0 Å². The van der Waals surface area contributed by atoms with E-state index in [1.54, 1.807) is 26.4 Å². The molecule has 1 aliphatic heterocycles. The van der Waals surface area contributed by atoms with Crippen molar-refractivity contribution >= 4 is 7.62 Å². The van der Waals surface area contributed by atoms with Crippen molar-refractivity contribution in [3.05, 3.63) is 35.4 Å². The zero-order valence-corrected chi connectivity index (χ0v) is 14.3. The summed E-state index contributed by atoms with van der Waals surface area (Å²) in [6.45, 7) is 5.10. The molecule has 1 aromatic rings. The molecule has 0 N–H and O–H groups in total. The molecule has 1 saturated heterocycles. The summed E-state index contributed by atoms with van der Waals surface area (Å²) in [5, 5.41) is 0. The van der Waals surface area contributed by atoms with Gasteiger partial charge in [0.15, 0.2) is 0 Å². The van der Waals surface area contributed by atoms with Crippen molar-refractivity contribution in [2.24, 2.45) is 0 Å². The first-order valence-electron chi connectivity index (χ1n) is 8.00. The van der Waals surface area contributed by atoms with E-state index in [-0.39, 0.29) is 12.1 Å². The maximum atomic E-state index is 12.7. The summed E-state index contributed by atoms with van der Waals surface area (Å²) < 4.78 is 48.8. The number of alkyl halides is 3. The molecule has 4 nitrogen and oxygen atoms in total. The van der Waals surface area contributed by atoms with Gasteiger partial charge < -0.3 is 14.2 Å². The van der Waals surface area contributed by atoms with Crippen LogP contribution in [0.2, 0.25) is 0 Å². The zero-order valence-electron chi connectivity index (χ0n) is 14.3. The molecule has 134 valence electrons. The molecule has 0 aliphatic carbocycles. The minimum absolute atomic E-state index is 0.0584. The Kier molecular flexibility index (Phi) is 6.68. The number of piperazine rings is 1. The molecule has 24 heavy (non-hydrogen) atoms. The molecule has 1 aliphatic rings. The lowest BCUT2D eigenvalue weighted by Gasteiger charge is -2.43. The molecule has 1 fully saturated rings. The Hall–Kier alpha value is -1.09. The number of nitrogens with zero attached hydrogens (tertiary/aromatic N) is 2. The van der Waals surface area contributed by atoms with Gasteiger partial charge in [0, 0.05) is 39.9 Å². The van der Waals surface area contributed by atoms with Gasteiger partial charge in [-0.25, -0.2) is 0 Å². The molecule has 0 radical (unpaired) electrons. The number of benzene rings is 1. The first-order chi connectivity index (χ1) is 11.4. The topological polar surface area (TPSA) is 24.9 Å². The minimum Gasteiger partial charge on any atom is -0.427 e. The van der Waals surface area contributed by atoms with Gasteiger partial charge in [0.1, 0.15) is 0 Å². The minimum atomic E-state index is -4.31. The number of ether oxygens (including phenoxy) is 1. The van der Waals surface area contributed by atoms with E-state index in [0.29, 0.717) is 14.2 Å². The Balaban J connectivity index is 2.14. The molecule has 2 atom stereocenters. The Bertz CT molecular complexity index is 513. The van der Waals surface area contributed by atoms with E-state index in [0.717, 1.165) is 37.3 Å². The van der Waals surface area contributed by atoms with Crippen LogP contribution in [0.15, 0.2) is 24.3 Å². The lowest BCUT2D eigenvalue weighted by atomic mass is 9.99. The predicted molar refractivity (Wildman–Crippen MR) is 88.0 cm³/mol. The van der Waals surface area contributed by atoms with Gasteiger partial charge in [0.2, 0.25) is 0 Å². The second-order valence-corrected chi connectivity index (χ2v) is 6.17. The molecule has 0 amide bonds. The van der Waals surface area contributed by atoms with Gasteiger partial charge in [-0.3, -0.25) is 4.90 Å². The van der Waals surface area contributed by atoms with Crippen LogP contribution >= 0.6 is 0 Å². The molecule has 0 spiro atoms. The normalized spacial score (nSPS) is 21.7. The molecule has 0 aromatic heterocycles. The van der Waals surface area contributed by atoms with Crippen molar-refractivity contribution in [2.45, 2.75) is 25.2 Å². The SMILES string of the molecule is COBN1CCN([C@@H](COC)c2ccc(C(F)(F)F)cc2)[C@@H](C)C1.